The summed E-state index contributed by atoms with van der Waals surface area (Å²) in [4.78, 5) is 14.7. The maximum atomic E-state index is 12.3. The fourth-order valence-electron chi connectivity index (χ4n) is 4.18. The Hall–Kier alpha value is -0.410. The third kappa shape index (κ3) is 4.53. The van der Waals surface area contributed by atoms with Crippen LogP contribution in [0.3, 0.4) is 0 Å². The summed E-state index contributed by atoms with van der Waals surface area (Å²) in [6, 6.07) is 0.597. The Labute approximate surface area is 130 Å². The number of aliphatic hydroxyl groups is 1. The maximum Gasteiger partial charge on any atom is 0.137 e. The second kappa shape index (κ2) is 7.23. The summed E-state index contributed by atoms with van der Waals surface area (Å²) in [6.45, 7) is 8.71. The van der Waals surface area contributed by atoms with Gasteiger partial charge < -0.3 is 5.11 Å². The molecule has 3 nitrogen and oxygen atoms in total. The highest BCUT2D eigenvalue weighted by atomic mass is 16.3. The second-order valence-electron chi connectivity index (χ2n) is 8.16. The van der Waals surface area contributed by atoms with Crippen LogP contribution in [-0.4, -0.2) is 41.5 Å². The smallest absolute Gasteiger partial charge is 0.137 e. The molecule has 0 heterocycles. The highest BCUT2D eigenvalue weighted by Crippen LogP contribution is 2.39. The number of aliphatic hydroxyl groups excluding tert-OH is 1. The number of rotatable bonds is 5. The van der Waals surface area contributed by atoms with Crippen molar-refractivity contribution >= 4 is 5.78 Å². The van der Waals surface area contributed by atoms with E-state index in [0.29, 0.717) is 23.2 Å². The van der Waals surface area contributed by atoms with E-state index in [-0.39, 0.29) is 12.5 Å². The zero-order valence-corrected chi connectivity index (χ0v) is 14.1. The number of ketones is 1. The van der Waals surface area contributed by atoms with Crippen LogP contribution < -0.4 is 0 Å². The molecular weight excluding hydrogens is 262 g/mol. The Morgan fingerprint density at radius 3 is 2.43 bits per heavy atom. The molecule has 2 saturated carbocycles. The molecule has 0 saturated heterocycles. The van der Waals surface area contributed by atoms with Gasteiger partial charge in [-0.05, 0) is 37.0 Å². The Morgan fingerprint density at radius 2 is 1.86 bits per heavy atom. The molecule has 0 amide bonds. The van der Waals surface area contributed by atoms with E-state index in [2.05, 4.69) is 25.7 Å². The molecule has 2 fully saturated rings. The van der Waals surface area contributed by atoms with Crippen LogP contribution in [0.15, 0.2) is 0 Å². The Kier molecular flexibility index (Phi) is 5.84. The van der Waals surface area contributed by atoms with Crippen molar-refractivity contribution in [2.45, 2.75) is 71.8 Å². The van der Waals surface area contributed by atoms with Crippen LogP contribution in [0.1, 0.15) is 65.7 Å². The van der Waals surface area contributed by atoms with Crippen LogP contribution in [-0.2, 0) is 4.79 Å². The van der Waals surface area contributed by atoms with E-state index in [4.69, 9.17) is 0 Å². The minimum Gasteiger partial charge on any atom is -0.395 e. The SMILES string of the molecule is CC(C)(C)C1CCC(=O)C(CN(CCO)C2CCCC2)C1. The number of hydrogen-bond acceptors (Lipinski definition) is 3. The fraction of sp³-hybridized carbons (Fsp3) is 0.944. The van der Waals surface area contributed by atoms with Gasteiger partial charge in [-0.15, -0.1) is 0 Å². The van der Waals surface area contributed by atoms with Crippen LogP contribution in [0.2, 0.25) is 0 Å². The molecule has 2 aliphatic carbocycles. The number of hydrogen-bond donors (Lipinski definition) is 1. The minimum atomic E-state index is 0.190. The molecule has 122 valence electrons. The summed E-state index contributed by atoms with van der Waals surface area (Å²) in [6.07, 6.45) is 7.93. The zero-order chi connectivity index (χ0) is 15.5. The number of carbonyl (C=O) groups is 1. The second-order valence-corrected chi connectivity index (χ2v) is 8.16. The molecule has 0 aromatic rings. The lowest BCUT2D eigenvalue weighted by Crippen LogP contribution is -2.43. The van der Waals surface area contributed by atoms with E-state index < -0.39 is 0 Å². The van der Waals surface area contributed by atoms with E-state index in [1.54, 1.807) is 0 Å². The van der Waals surface area contributed by atoms with E-state index >= 15 is 0 Å². The van der Waals surface area contributed by atoms with Crippen molar-refractivity contribution in [3.63, 3.8) is 0 Å². The van der Waals surface area contributed by atoms with Gasteiger partial charge in [0.15, 0.2) is 0 Å². The number of Topliss-reactive ketones (excluding diaryl/α,β-unsaturated/α-hetero) is 1. The predicted molar refractivity (Wildman–Crippen MR) is 86.2 cm³/mol. The summed E-state index contributed by atoms with van der Waals surface area (Å²) in [5.41, 5.74) is 0.300. The molecular formula is C18H33NO2. The summed E-state index contributed by atoms with van der Waals surface area (Å²) >= 11 is 0. The first-order valence-electron chi connectivity index (χ1n) is 8.79. The van der Waals surface area contributed by atoms with Gasteiger partial charge >= 0.3 is 0 Å². The molecule has 0 aliphatic heterocycles. The van der Waals surface area contributed by atoms with Crippen molar-refractivity contribution in [1.29, 1.82) is 0 Å². The zero-order valence-electron chi connectivity index (χ0n) is 14.1. The first-order chi connectivity index (χ1) is 9.91. The van der Waals surface area contributed by atoms with Crippen LogP contribution in [0, 0.1) is 17.3 Å². The molecule has 1 N–H and O–H groups in total. The van der Waals surface area contributed by atoms with Gasteiger partial charge in [0.1, 0.15) is 5.78 Å². The molecule has 2 aliphatic rings. The van der Waals surface area contributed by atoms with Crippen molar-refractivity contribution in [1.82, 2.24) is 4.90 Å². The van der Waals surface area contributed by atoms with Gasteiger partial charge in [0.05, 0.1) is 6.61 Å². The third-order valence-corrected chi connectivity index (χ3v) is 5.67. The number of carbonyl (C=O) groups excluding carboxylic acids is 1. The van der Waals surface area contributed by atoms with Crippen LogP contribution in [0.5, 0.6) is 0 Å². The van der Waals surface area contributed by atoms with E-state index in [0.717, 1.165) is 32.4 Å². The van der Waals surface area contributed by atoms with E-state index in [1.165, 1.54) is 25.7 Å². The predicted octanol–water partition coefficient (Wildman–Crippen LogP) is 3.25. The quantitative estimate of drug-likeness (QED) is 0.846. The largest absolute Gasteiger partial charge is 0.395 e. The lowest BCUT2D eigenvalue weighted by molar-refractivity contribution is -0.127. The Balaban J connectivity index is 1.98. The molecule has 2 rings (SSSR count). The molecule has 21 heavy (non-hydrogen) atoms. The monoisotopic (exact) mass is 295 g/mol. The van der Waals surface area contributed by atoms with Crippen molar-refractivity contribution in [3.8, 4) is 0 Å². The topological polar surface area (TPSA) is 40.5 Å². The minimum absolute atomic E-state index is 0.190. The van der Waals surface area contributed by atoms with Crippen LogP contribution >= 0.6 is 0 Å². The molecule has 0 aromatic heterocycles. The van der Waals surface area contributed by atoms with Crippen LogP contribution in [0.25, 0.3) is 0 Å². The van der Waals surface area contributed by atoms with Gasteiger partial charge in [-0.2, -0.15) is 0 Å². The van der Waals surface area contributed by atoms with Gasteiger partial charge in [-0.1, -0.05) is 33.6 Å². The normalized spacial score (nSPS) is 28.5. The van der Waals surface area contributed by atoms with Crippen molar-refractivity contribution in [2.24, 2.45) is 17.3 Å². The van der Waals surface area contributed by atoms with Gasteiger partial charge in [-0.3, -0.25) is 9.69 Å². The molecule has 0 bridgehead atoms. The third-order valence-electron chi connectivity index (χ3n) is 5.67. The van der Waals surface area contributed by atoms with Crippen molar-refractivity contribution < 1.29 is 9.90 Å². The lowest BCUT2D eigenvalue weighted by atomic mass is 9.68. The van der Waals surface area contributed by atoms with Crippen molar-refractivity contribution in [3.05, 3.63) is 0 Å². The first-order valence-corrected chi connectivity index (χ1v) is 8.79. The standard InChI is InChI=1S/C18H33NO2/c1-18(2,3)15-8-9-17(21)14(12-15)13-19(10-11-20)16-6-4-5-7-16/h14-16,20H,4-13H2,1-3H3. The molecule has 0 radical (unpaired) electrons. The molecule has 0 spiro atoms. The van der Waals surface area contributed by atoms with Gasteiger partial charge in [-0.25, -0.2) is 0 Å². The molecule has 2 unspecified atom stereocenters. The molecule has 0 aromatic carbocycles. The molecule has 3 heteroatoms. The fourth-order valence-corrected chi connectivity index (χ4v) is 4.18. The van der Waals surface area contributed by atoms with Crippen LogP contribution in [0.4, 0.5) is 0 Å². The molecule has 2 atom stereocenters. The van der Waals surface area contributed by atoms with Gasteiger partial charge in [0.2, 0.25) is 0 Å². The van der Waals surface area contributed by atoms with E-state index in [1.807, 2.05) is 0 Å². The average Bonchev–Trinajstić information content (AvgIpc) is 2.93. The summed E-state index contributed by atoms with van der Waals surface area (Å²) in [7, 11) is 0. The highest BCUT2D eigenvalue weighted by Gasteiger charge is 2.36. The maximum absolute atomic E-state index is 12.3. The summed E-state index contributed by atoms with van der Waals surface area (Å²) in [5.74, 6) is 1.30. The van der Waals surface area contributed by atoms with Crippen molar-refractivity contribution in [2.75, 3.05) is 19.7 Å². The van der Waals surface area contributed by atoms with E-state index in [9.17, 15) is 9.90 Å². The summed E-state index contributed by atoms with van der Waals surface area (Å²) < 4.78 is 0. The highest BCUT2D eigenvalue weighted by molar-refractivity contribution is 5.82. The first kappa shape index (κ1) is 17.0. The Bertz CT molecular complexity index is 342. The summed E-state index contributed by atoms with van der Waals surface area (Å²) in [5, 5.41) is 9.35. The van der Waals surface area contributed by atoms with Gasteiger partial charge in [0.25, 0.3) is 0 Å². The van der Waals surface area contributed by atoms with Gasteiger partial charge in [0, 0.05) is 31.5 Å². The lowest BCUT2D eigenvalue weighted by Gasteiger charge is -2.39. The average molecular weight is 295 g/mol. The number of nitrogens with zero attached hydrogens (tertiary/aromatic N) is 1. The Morgan fingerprint density at radius 1 is 1.19 bits per heavy atom.